The average Bonchev–Trinajstić information content (AvgIpc) is 2.38. The summed E-state index contributed by atoms with van der Waals surface area (Å²) < 4.78 is 63.3. The number of hydrogen-bond donors (Lipinski definition) is 0. The smallest absolute Gasteiger partial charge is 0.375 e. The van der Waals surface area contributed by atoms with E-state index in [9.17, 15) is 21.6 Å². The summed E-state index contributed by atoms with van der Waals surface area (Å²) in [6, 6.07) is 14.0. The van der Waals surface area contributed by atoms with E-state index in [2.05, 4.69) is 4.18 Å². The van der Waals surface area contributed by atoms with Crippen LogP contribution < -0.4 is 4.18 Å². The van der Waals surface area contributed by atoms with Gasteiger partial charge in [0.25, 0.3) is 0 Å². The van der Waals surface area contributed by atoms with Crippen LogP contribution >= 0.6 is 0 Å². The normalized spacial score (nSPS) is 12.2. The highest BCUT2D eigenvalue weighted by Crippen LogP contribution is 2.33. The number of hydrogen-bond acceptors (Lipinski definition) is 3. The maximum absolute atomic E-state index is 12.3. The van der Waals surface area contributed by atoms with E-state index in [1.54, 1.807) is 36.4 Å². The third-order valence-corrected chi connectivity index (χ3v) is 3.42. The Morgan fingerprint density at radius 1 is 0.850 bits per heavy atom. The third-order valence-electron chi connectivity index (χ3n) is 2.45. The second kappa shape index (κ2) is 5.16. The molecular weight excluding hydrogens is 293 g/mol. The topological polar surface area (TPSA) is 43.4 Å². The molecule has 2 aromatic rings. The fraction of sp³-hybridized carbons (Fsp3) is 0.0769. The van der Waals surface area contributed by atoms with Gasteiger partial charge in [0.2, 0.25) is 0 Å². The molecule has 20 heavy (non-hydrogen) atoms. The quantitative estimate of drug-likeness (QED) is 0.643. The lowest BCUT2D eigenvalue weighted by Crippen LogP contribution is -2.28. The van der Waals surface area contributed by atoms with E-state index in [1.807, 2.05) is 0 Å². The minimum atomic E-state index is -5.68. The Labute approximate surface area is 113 Å². The summed E-state index contributed by atoms with van der Waals surface area (Å²) in [7, 11) is -5.68. The molecule has 0 aliphatic heterocycles. The second-order valence-electron chi connectivity index (χ2n) is 3.85. The van der Waals surface area contributed by atoms with Gasteiger partial charge in [-0.15, -0.1) is 0 Å². The molecule has 0 radical (unpaired) electrons. The first-order valence-electron chi connectivity index (χ1n) is 5.46. The van der Waals surface area contributed by atoms with Crippen molar-refractivity contribution in [1.29, 1.82) is 0 Å². The lowest BCUT2D eigenvalue weighted by Gasteiger charge is -2.12. The Kier molecular flexibility index (Phi) is 3.71. The molecule has 0 amide bonds. The average molecular weight is 302 g/mol. The molecule has 0 fully saturated rings. The van der Waals surface area contributed by atoms with E-state index >= 15 is 0 Å². The van der Waals surface area contributed by atoms with Crippen LogP contribution in [0.5, 0.6) is 5.75 Å². The lowest BCUT2D eigenvalue weighted by atomic mass is 10.1. The van der Waals surface area contributed by atoms with Gasteiger partial charge in [0, 0.05) is 5.56 Å². The maximum atomic E-state index is 12.3. The van der Waals surface area contributed by atoms with Crippen LogP contribution in [-0.4, -0.2) is 13.9 Å². The minimum absolute atomic E-state index is 0.265. The number of benzene rings is 2. The van der Waals surface area contributed by atoms with Crippen molar-refractivity contribution in [3.8, 4) is 16.9 Å². The first-order chi connectivity index (χ1) is 9.31. The van der Waals surface area contributed by atoms with Crippen LogP contribution in [0.3, 0.4) is 0 Å². The number of para-hydroxylation sites is 1. The molecule has 0 aliphatic rings. The van der Waals surface area contributed by atoms with Gasteiger partial charge in [-0.05, 0) is 11.6 Å². The predicted octanol–water partition coefficient (Wildman–Crippen LogP) is 3.58. The van der Waals surface area contributed by atoms with E-state index in [0.717, 1.165) is 0 Å². The van der Waals surface area contributed by atoms with Crippen LogP contribution in [-0.2, 0) is 10.1 Å². The van der Waals surface area contributed by atoms with E-state index in [4.69, 9.17) is 0 Å². The zero-order valence-electron chi connectivity index (χ0n) is 9.96. The van der Waals surface area contributed by atoms with Gasteiger partial charge in [-0.25, -0.2) is 0 Å². The molecule has 0 aromatic heterocycles. The second-order valence-corrected chi connectivity index (χ2v) is 5.38. The zero-order chi connectivity index (χ0) is 14.8. The first-order valence-corrected chi connectivity index (χ1v) is 6.87. The van der Waals surface area contributed by atoms with Gasteiger partial charge < -0.3 is 4.18 Å². The number of rotatable bonds is 3. The van der Waals surface area contributed by atoms with Gasteiger partial charge in [0.1, 0.15) is 0 Å². The molecule has 0 aliphatic carbocycles. The summed E-state index contributed by atoms with van der Waals surface area (Å²) in [4.78, 5) is 0. The maximum Gasteiger partial charge on any atom is 0.534 e. The highest BCUT2D eigenvalue weighted by atomic mass is 32.2. The lowest BCUT2D eigenvalue weighted by molar-refractivity contribution is -0.0499. The molecule has 106 valence electrons. The van der Waals surface area contributed by atoms with Gasteiger partial charge in [-0.3, -0.25) is 0 Å². The van der Waals surface area contributed by atoms with Crippen molar-refractivity contribution in [2.24, 2.45) is 0 Å². The first kappa shape index (κ1) is 14.4. The van der Waals surface area contributed by atoms with Gasteiger partial charge in [0.15, 0.2) is 5.75 Å². The van der Waals surface area contributed by atoms with Crippen molar-refractivity contribution in [1.82, 2.24) is 0 Å². The Balaban J connectivity index is 2.45. The summed E-state index contributed by atoms with van der Waals surface area (Å²) in [5, 5.41) is 0. The highest BCUT2D eigenvalue weighted by molar-refractivity contribution is 7.88. The van der Waals surface area contributed by atoms with Crippen LogP contribution in [0, 0.1) is 0 Å². The van der Waals surface area contributed by atoms with Crippen molar-refractivity contribution in [2.45, 2.75) is 5.51 Å². The van der Waals surface area contributed by atoms with E-state index in [-0.39, 0.29) is 11.3 Å². The third kappa shape index (κ3) is 2.93. The fourth-order valence-electron chi connectivity index (χ4n) is 1.56. The zero-order valence-corrected chi connectivity index (χ0v) is 10.8. The molecule has 0 atom stereocenters. The summed E-state index contributed by atoms with van der Waals surface area (Å²) >= 11 is 0. The molecule has 0 heterocycles. The van der Waals surface area contributed by atoms with Crippen LogP contribution in [0.4, 0.5) is 13.2 Å². The highest BCUT2D eigenvalue weighted by Gasteiger charge is 2.48. The molecule has 0 unspecified atom stereocenters. The standard InChI is InChI=1S/C13H9F3O3S/c14-13(15,16)20(17,18)19-12-9-5-4-8-11(12)10-6-2-1-3-7-10/h1-9H. The minimum Gasteiger partial charge on any atom is -0.375 e. The van der Waals surface area contributed by atoms with Gasteiger partial charge in [-0.2, -0.15) is 21.6 Å². The van der Waals surface area contributed by atoms with E-state index in [1.165, 1.54) is 18.2 Å². The molecule has 2 rings (SSSR count). The molecule has 3 nitrogen and oxygen atoms in total. The Bertz CT molecular complexity index is 694. The molecule has 0 bridgehead atoms. The molecule has 0 spiro atoms. The largest absolute Gasteiger partial charge is 0.534 e. The van der Waals surface area contributed by atoms with E-state index < -0.39 is 15.6 Å². The monoisotopic (exact) mass is 302 g/mol. The fourth-order valence-corrected chi connectivity index (χ4v) is 2.04. The van der Waals surface area contributed by atoms with Gasteiger partial charge >= 0.3 is 15.6 Å². The molecule has 0 saturated heterocycles. The van der Waals surface area contributed by atoms with Crippen molar-refractivity contribution < 1.29 is 25.8 Å². The summed E-state index contributed by atoms with van der Waals surface area (Å²) in [6.07, 6.45) is 0. The van der Waals surface area contributed by atoms with Crippen LogP contribution in [0.25, 0.3) is 11.1 Å². The molecule has 7 heteroatoms. The number of halogens is 3. The van der Waals surface area contributed by atoms with Crippen LogP contribution in [0.15, 0.2) is 54.6 Å². The van der Waals surface area contributed by atoms with Crippen molar-refractivity contribution in [3.63, 3.8) is 0 Å². The van der Waals surface area contributed by atoms with Crippen molar-refractivity contribution in [3.05, 3.63) is 54.6 Å². The van der Waals surface area contributed by atoms with Crippen LogP contribution in [0.2, 0.25) is 0 Å². The predicted molar refractivity (Wildman–Crippen MR) is 67.5 cm³/mol. The Hall–Kier alpha value is -2.02. The van der Waals surface area contributed by atoms with Gasteiger partial charge in [0.05, 0.1) is 0 Å². The Morgan fingerprint density at radius 2 is 1.40 bits per heavy atom. The number of alkyl halides is 3. The summed E-state index contributed by atoms with van der Waals surface area (Å²) in [6.45, 7) is 0. The van der Waals surface area contributed by atoms with E-state index in [0.29, 0.717) is 5.56 Å². The molecule has 0 N–H and O–H groups in total. The summed E-state index contributed by atoms with van der Waals surface area (Å²) in [5.41, 5.74) is -4.64. The Morgan fingerprint density at radius 3 is 2.00 bits per heavy atom. The molecule has 2 aromatic carbocycles. The molecule has 0 saturated carbocycles. The van der Waals surface area contributed by atoms with Crippen molar-refractivity contribution in [2.75, 3.05) is 0 Å². The summed E-state index contributed by atoms with van der Waals surface area (Å²) in [5.74, 6) is -0.365. The SMILES string of the molecule is O=S(=O)(Oc1ccccc1-c1ccccc1)C(F)(F)F. The van der Waals surface area contributed by atoms with Gasteiger partial charge in [-0.1, -0.05) is 48.5 Å². The molecular formula is C13H9F3O3S. The van der Waals surface area contributed by atoms with Crippen molar-refractivity contribution >= 4 is 10.1 Å². The van der Waals surface area contributed by atoms with Crippen LogP contribution in [0.1, 0.15) is 0 Å².